The number of hydrogen-bond acceptors (Lipinski definition) is 5. The highest BCUT2D eigenvalue weighted by atomic mass is 19.1. The van der Waals surface area contributed by atoms with Crippen molar-refractivity contribution in [2.24, 2.45) is 5.92 Å². The molecule has 1 aliphatic heterocycles. The number of benzene rings is 2. The minimum Gasteiger partial charge on any atom is -0.493 e. The van der Waals surface area contributed by atoms with Crippen molar-refractivity contribution in [3.05, 3.63) is 77.9 Å². The van der Waals surface area contributed by atoms with Gasteiger partial charge in [-0.15, -0.1) is 0 Å². The zero-order valence-electron chi connectivity index (χ0n) is 22.9. The van der Waals surface area contributed by atoms with E-state index in [9.17, 15) is 9.18 Å². The van der Waals surface area contributed by atoms with Crippen LogP contribution in [0.25, 0.3) is 0 Å². The van der Waals surface area contributed by atoms with Gasteiger partial charge >= 0.3 is 6.09 Å². The summed E-state index contributed by atoms with van der Waals surface area (Å²) >= 11 is 0. The van der Waals surface area contributed by atoms with E-state index in [0.29, 0.717) is 38.7 Å². The van der Waals surface area contributed by atoms with E-state index >= 15 is 0 Å². The van der Waals surface area contributed by atoms with Crippen LogP contribution in [0, 0.1) is 11.7 Å². The van der Waals surface area contributed by atoms with Crippen molar-refractivity contribution < 1.29 is 18.7 Å². The SMILES string of the molecule is C=C(NCc1ccc(OCC(C)C)cc1)N(Cc1ccc(F)cc1)[C@@H]1CCCN(C(=O)OC(C)(C)C)C1. The Bertz CT molecular complexity index is 1020. The summed E-state index contributed by atoms with van der Waals surface area (Å²) in [4.78, 5) is 16.7. The molecule has 0 spiro atoms. The predicted octanol–water partition coefficient (Wildman–Crippen LogP) is 6.32. The van der Waals surface area contributed by atoms with Gasteiger partial charge in [-0.2, -0.15) is 0 Å². The average Bonchev–Trinajstić information content (AvgIpc) is 2.85. The summed E-state index contributed by atoms with van der Waals surface area (Å²) in [6.07, 6.45) is 1.50. The predicted molar refractivity (Wildman–Crippen MR) is 146 cm³/mol. The molecule has 7 heteroatoms. The number of nitrogens with one attached hydrogen (secondary N) is 1. The molecule has 1 fully saturated rings. The van der Waals surface area contributed by atoms with Crippen molar-refractivity contribution in [3.8, 4) is 5.75 Å². The summed E-state index contributed by atoms with van der Waals surface area (Å²) in [6, 6.07) is 14.6. The van der Waals surface area contributed by atoms with Gasteiger partial charge in [0.05, 0.1) is 12.4 Å². The molecule has 1 saturated heterocycles. The van der Waals surface area contributed by atoms with Gasteiger partial charge in [0.25, 0.3) is 0 Å². The zero-order valence-corrected chi connectivity index (χ0v) is 22.9. The molecule has 0 unspecified atom stereocenters. The van der Waals surface area contributed by atoms with Crippen LogP contribution in [0.5, 0.6) is 5.75 Å². The van der Waals surface area contributed by atoms with Crippen LogP contribution in [-0.2, 0) is 17.8 Å². The standard InChI is InChI=1S/C30H42FN3O3/c1-22(2)21-36-28-15-11-24(12-16-28)18-32-23(3)34(19-25-9-13-26(31)14-10-25)27-8-7-17-33(20-27)29(35)37-30(4,5)6/h9-16,22,27,32H,3,7-8,17-21H2,1-2,4-6H3/t27-/m1/s1. The monoisotopic (exact) mass is 511 g/mol. The Balaban J connectivity index is 1.69. The van der Waals surface area contributed by atoms with Crippen LogP contribution in [0.3, 0.4) is 0 Å². The number of carbonyl (C=O) groups excluding carboxylic acids is 1. The lowest BCUT2D eigenvalue weighted by Crippen LogP contribution is -2.51. The Hall–Kier alpha value is -3.22. The minimum absolute atomic E-state index is 0.0538. The minimum atomic E-state index is -0.543. The van der Waals surface area contributed by atoms with E-state index < -0.39 is 5.60 Å². The van der Waals surface area contributed by atoms with Crippen molar-refractivity contribution in [2.45, 2.75) is 72.2 Å². The fraction of sp³-hybridized carbons (Fsp3) is 0.500. The second-order valence-corrected chi connectivity index (χ2v) is 11.1. The number of halogens is 1. The van der Waals surface area contributed by atoms with Crippen LogP contribution >= 0.6 is 0 Å². The number of rotatable bonds is 10. The first-order chi connectivity index (χ1) is 17.5. The average molecular weight is 512 g/mol. The van der Waals surface area contributed by atoms with Gasteiger partial charge in [0.1, 0.15) is 17.2 Å². The molecule has 1 atom stereocenters. The third-order valence-electron chi connectivity index (χ3n) is 6.11. The van der Waals surface area contributed by atoms with E-state index in [-0.39, 0.29) is 18.0 Å². The van der Waals surface area contributed by atoms with Crippen LogP contribution in [0.2, 0.25) is 0 Å². The van der Waals surface area contributed by atoms with Gasteiger partial charge < -0.3 is 24.6 Å². The first-order valence-corrected chi connectivity index (χ1v) is 13.1. The Morgan fingerprint density at radius 2 is 1.78 bits per heavy atom. The zero-order chi connectivity index (χ0) is 27.0. The van der Waals surface area contributed by atoms with Gasteiger partial charge in [-0.25, -0.2) is 9.18 Å². The number of piperidine rings is 1. The van der Waals surface area contributed by atoms with Gasteiger partial charge in [0.15, 0.2) is 0 Å². The summed E-state index contributed by atoms with van der Waals surface area (Å²) in [5.74, 6) is 1.84. The first-order valence-electron chi connectivity index (χ1n) is 13.1. The molecule has 0 aliphatic carbocycles. The van der Waals surface area contributed by atoms with E-state index in [1.807, 2.05) is 45.0 Å². The third-order valence-corrected chi connectivity index (χ3v) is 6.11. The van der Waals surface area contributed by atoms with E-state index in [0.717, 1.165) is 35.5 Å². The third kappa shape index (κ3) is 9.30. The topological polar surface area (TPSA) is 54.0 Å². The van der Waals surface area contributed by atoms with E-state index in [4.69, 9.17) is 9.47 Å². The molecule has 2 aromatic rings. The molecule has 0 radical (unpaired) electrons. The lowest BCUT2D eigenvalue weighted by molar-refractivity contribution is 0.0121. The number of amides is 1. The molecule has 1 aliphatic rings. The summed E-state index contributed by atoms with van der Waals surface area (Å²) in [5.41, 5.74) is 1.54. The van der Waals surface area contributed by atoms with Crippen molar-refractivity contribution in [1.82, 2.24) is 15.1 Å². The number of carbonyl (C=O) groups is 1. The van der Waals surface area contributed by atoms with Crippen LogP contribution in [-0.4, -0.2) is 47.2 Å². The van der Waals surface area contributed by atoms with Crippen molar-refractivity contribution >= 4 is 6.09 Å². The fourth-order valence-corrected chi connectivity index (χ4v) is 4.20. The van der Waals surface area contributed by atoms with E-state index in [1.54, 1.807) is 17.0 Å². The van der Waals surface area contributed by atoms with Crippen LogP contribution in [0.15, 0.2) is 60.9 Å². The lowest BCUT2D eigenvalue weighted by atomic mass is 10.0. The highest BCUT2D eigenvalue weighted by Gasteiger charge is 2.31. The van der Waals surface area contributed by atoms with Gasteiger partial charge in [0, 0.05) is 32.2 Å². The smallest absolute Gasteiger partial charge is 0.410 e. The Morgan fingerprint density at radius 3 is 2.41 bits per heavy atom. The fourth-order valence-electron chi connectivity index (χ4n) is 4.20. The molecule has 1 heterocycles. The quantitative estimate of drug-likeness (QED) is 0.404. The lowest BCUT2D eigenvalue weighted by Gasteiger charge is -2.41. The van der Waals surface area contributed by atoms with E-state index in [1.165, 1.54) is 12.1 Å². The molecule has 3 rings (SSSR count). The number of hydrogen-bond donors (Lipinski definition) is 1. The van der Waals surface area contributed by atoms with Gasteiger partial charge in [0.2, 0.25) is 0 Å². The highest BCUT2D eigenvalue weighted by Crippen LogP contribution is 2.23. The van der Waals surface area contributed by atoms with Gasteiger partial charge in [-0.3, -0.25) is 0 Å². The summed E-state index contributed by atoms with van der Waals surface area (Å²) in [5, 5.41) is 3.46. The van der Waals surface area contributed by atoms with E-state index in [2.05, 4.69) is 30.6 Å². The molecule has 0 saturated carbocycles. The van der Waals surface area contributed by atoms with Crippen molar-refractivity contribution in [2.75, 3.05) is 19.7 Å². The molecule has 202 valence electrons. The molecule has 6 nitrogen and oxygen atoms in total. The summed E-state index contributed by atoms with van der Waals surface area (Å²) in [7, 11) is 0. The van der Waals surface area contributed by atoms with Gasteiger partial charge in [-0.1, -0.05) is 44.7 Å². The maximum atomic E-state index is 13.5. The van der Waals surface area contributed by atoms with Crippen molar-refractivity contribution in [1.29, 1.82) is 0 Å². The van der Waals surface area contributed by atoms with Crippen LogP contribution < -0.4 is 10.1 Å². The van der Waals surface area contributed by atoms with Crippen LogP contribution in [0.4, 0.5) is 9.18 Å². The largest absolute Gasteiger partial charge is 0.493 e. The number of ether oxygens (including phenoxy) is 2. The second kappa shape index (κ2) is 12.8. The Labute approximate surface area is 221 Å². The maximum absolute atomic E-state index is 13.5. The Morgan fingerprint density at radius 1 is 1.14 bits per heavy atom. The van der Waals surface area contributed by atoms with Crippen molar-refractivity contribution in [3.63, 3.8) is 0 Å². The number of likely N-dealkylation sites (tertiary alicyclic amines) is 1. The second-order valence-electron chi connectivity index (χ2n) is 11.1. The molecule has 1 N–H and O–H groups in total. The molecule has 0 aromatic heterocycles. The molecular weight excluding hydrogens is 469 g/mol. The molecule has 37 heavy (non-hydrogen) atoms. The summed E-state index contributed by atoms with van der Waals surface area (Å²) < 4.78 is 24.9. The summed E-state index contributed by atoms with van der Waals surface area (Å²) in [6.45, 7) is 17.3. The first kappa shape index (κ1) is 28.4. The molecular formula is C30H42FN3O3. The number of nitrogens with zero attached hydrogens (tertiary/aromatic N) is 2. The molecule has 2 aromatic carbocycles. The maximum Gasteiger partial charge on any atom is 0.410 e. The van der Waals surface area contributed by atoms with Gasteiger partial charge in [-0.05, 0) is 74.9 Å². The van der Waals surface area contributed by atoms with Crippen LogP contribution in [0.1, 0.15) is 58.6 Å². The normalized spacial score (nSPS) is 15.9. The molecule has 1 amide bonds. The Kier molecular flexibility index (Phi) is 9.84. The molecule has 0 bridgehead atoms. The highest BCUT2D eigenvalue weighted by molar-refractivity contribution is 5.68.